The number of hydrogen-bond acceptors (Lipinski definition) is 4. The number of aliphatic carboxylic acids is 1. The van der Waals surface area contributed by atoms with E-state index >= 15 is 0 Å². The van der Waals surface area contributed by atoms with Gasteiger partial charge in [-0.1, -0.05) is 32.0 Å². The number of thioether (sulfide) groups is 1. The van der Waals surface area contributed by atoms with Gasteiger partial charge in [-0.15, -0.1) is 11.8 Å². The summed E-state index contributed by atoms with van der Waals surface area (Å²) in [6.07, 6.45) is 0.533. The third-order valence-electron chi connectivity index (χ3n) is 3.49. The van der Waals surface area contributed by atoms with Gasteiger partial charge in [0, 0.05) is 17.9 Å². The van der Waals surface area contributed by atoms with Crippen molar-refractivity contribution in [2.45, 2.75) is 33.2 Å². The van der Waals surface area contributed by atoms with Gasteiger partial charge >= 0.3 is 5.97 Å². The third-order valence-corrected chi connectivity index (χ3v) is 4.43. The van der Waals surface area contributed by atoms with E-state index in [9.17, 15) is 14.4 Å². The molecule has 0 heterocycles. The lowest BCUT2D eigenvalue weighted by atomic mass is 10.0. The summed E-state index contributed by atoms with van der Waals surface area (Å²) in [5.74, 6) is -0.618. The lowest BCUT2D eigenvalue weighted by Gasteiger charge is -2.20. The molecule has 0 saturated heterocycles. The van der Waals surface area contributed by atoms with Crippen LogP contribution >= 0.6 is 11.8 Å². The van der Waals surface area contributed by atoms with Gasteiger partial charge in [0.2, 0.25) is 5.91 Å². The first-order valence-electron chi connectivity index (χ1n) is 8.25. The molecule has 3 N–H and O–H groups in total. The quantitative estimate of drug-likeness (QED) is 0.551. The Morgan fingerprint density at radius 1 is 1.20 bits per heavy atom. The molecule has 0 aliphatic rings. The summed E-state index contributed by atoms with van der Waals surface area (Å²) in [4.78, 5) is 35.3. The second-order valence-electron chi connectivity index (χ2n) is 6.21. The molecule has 138 valence electrons. The van der Waals surface area contributed by atoms with Crippen LogP contribution in [0, 0.1) is 12.8 Å². The minimum Gasteiger partial charge on any atom is -0.481 e. The molecule has 0 fully saturated rings. The van der Waals surface area contributed by atoms with Gasteiger partial charge in [-0.2, -0.15) is 0 Å². The van der Waals surface area contributed by atoms with E-state index in [4.69, 9.17) is 5.11 Å². The highest BCUT2D eigenvalue weighted by Crippen LogP contribution is 2.10. The maximum atomic E-state index is 12.5. The molecular weight excluding hydrogens is 340 g/mol. The Balaban J connectivity index is 2.61. The van der Waals surface area contributed by atoms with Crippen LogP contribution < -0.4 is 10.6 Å². The van der Waals surface area contributed by atoms with E-state index in [1.165, 1.54) is 11.8 Å². The van der Waals surface area contributed by atoms with Gasteiger partial charge in [-0.05, 0) is 30.9 Å². The molecule has 2 amide bonds. The van der Waals surface area contributed by atoms with Gasteiger partial charge in [-0.25, -0.2) is 0 Å². The van der Waals surface area contributed by atoms with Crippen molar-refractivity contribution in [3.05, 3.63) is 35.4 Å². The number of carbonyl (C=O) groups is 3. The fourth-order valence-corrected chi connectivity index (χ4v) is 2.86. The van der Waals surface area contributed by atoms with Crippen LogP contribution in [0.25, 0.3) is 0 Å². The van der Waals surface area contributed by atoms with Crippen molar-refractivity contribution in [3.63, 3.8) is 0 Å². The largest absolute Gasteiger partial charge is 0.481 e. The van der Waals surface area contributed by atoms with Crippen molar-refractivity contribution in [2.24, 2.45) is 5.92 Å². The Hall–Kier alpha value is -2.02. The van der Waals surface area contributed by atoms with Crippen molar-refractivity contribution in [1.82, 2.24) is 10.6 Å². The Kier molecular flexibility index (Phi) is 9.05. The van der Waals surface area contributed by atoms with Gasteiger partial charge in [0.15, 0.2) is 0 Å². The monoisotopic (exact) mass is 366 g/mol. The highest BCUT2D eigenvalue weighted by atomic mass is 32.2. The summed E-state index contributed by atoms with van der Waals surface area (Å²) in [6.45, 7) is 6.20. The van der Waals surface area contributed by atoms with Gasteiger partial charge in [0.05, 0.1) is 5.75 Å². The minimum atomic E-state index is -0.875. The predicted octanol–water partition coefficient (Wildman–Crippen LogP) is 2.07. The molecule has 1 aromatic rings. The molecule has 25 heavy (non-hydrogen) atoms. The summed E-state index contributed by atoms with van der Waals surface area (Å²) >= 11 is 1.24. The van der Waals surface area contributed by atoms with E-state index in [1.54, 1.807) is 12.1 Å². The minimum absolute atomic E-state index is 0.00924. The second-order valence-corrected chi connectivity index (χ2v) is 7.31. The highest BCUT2D eigenvalue weighted by Gasteiger charge is 2.22. The summed E-state index contributed by atoms with van der Waals surface area (Å²) in [5, 5.41) is 14.2. The Morgan fingerprint density at radius 3 is 2.48 bits per heavy atom. The van der Waals surface area contributed by atoms with Crippen LogP contribution in [-0.4, -0.2) is 47.0 Å². The summed E-state index contributed by atoms with van der Waals surface area (Å²) in [6, 6.07) is 6.62. The molecule has 0 radical (unpaired) electrons. The van der Waals surface area contributed by atoms with Crippen LogP contribution in [0.15, 0.2) is 24.3 Å². The van der Waals surface area contributed by atoms with Crippen LogP contribution in [-0.2, 0) is 9.59 Å². The zero-order valence-corrected chi connectivity index (χ0v) is 15.7. The lowest BCUT2D eigenvalue weighted by Crippen LogP contribution is -2.48. The van der Waals surface area contributed by atoms with Crippen molar-refractivity contribution < 1.29 is 19.5 Å². The number of hydrogen-bond donors (Lipinski definition) is 3. The number of benzene rings is 1. The number of aryl methyl sites for hydroxylation is 1. The molecule has 1 rings (SSSR count). The molecular formula is C18H26N2O4S. The average Bonchev–Trinajstić information content (AvgIpc) is 2.53. The van der Waals surface area contributed by atoms with Crippen molar-refractivity contribution in [2.75, 3.05) is 18.1 Å². The van der Waals surface area contributed by atoms with Gasteiger partial charge < -0.3 is 15.7 Å². The molecule has 0 aromatic heterocycles. The normalized spacial score (nSPS) is 11.8. The van der Waals surface area contributed by atoms with E-state index in [2.05, 4.69) is 10.6 Å². The van der Waals surface area contributed by atoms with Gasteiger partial charge in [0.25, 0.3) is 5.91 Å². The molecule has 1 aromatic carbocycles. The second kappa shape index (κ2) is 10.8. The third kappa shape index (κ3) is 8.07. The molecule has 0 saturated carbocycles. The van der Waals surface area contributed by atoms with Gasteiger partial charge in [0.1, 0.15) is 6.04 Å². The van der Waals surface area contributed by atoms with E-state index in [0.717, 1.165) is 5.56 Å². The maximum absolute atomic E-state index is 12.5. The molecule has 0 aliphatic heterocycles. The molecule has 1 atom stereocenters. The highest BCUT2D eigenvalue weighted by molar-refractivity contribution is 7.99. The molecule has 7 heteroatoms. The molecule has 0 aliphatic carbocycles. The van der Waals surface area contributed by atoms with E-state index in [0.29, 0.717) is 24.3 Å². The Morgan fingerprint density at radius 2 is 1.88 bits per heavy atom. The smallest absolute Gasteiger partial charge is 0.313 e. The zero-order chi connectivity index (χ0) is 18.8. The summed E-state index contributed by atoms with van der Waals surface area (Å²) in [7, 11) is 0. The lowest BCUT2D eigenvalue weighted by molar-refractivity contribution is -0.133. The topological polar surface area (TPSA) is 95.5 Å². The Bertz CT molecular complexity index is 604. The van der Waals surface area contributed by atoms with Crippen LogP contribution in [0.5, 0.6) is 0 Å². The molecule has 0 spiro atoms. The summed E-state index contributed by atoms with van der Waals surface area (Å²) in [5.41, 5.74) is 1.41. The fraction of sp³-hybridized carbons (Fsp3) is 0.500. The number of amides is 2. The predicted molar refractivity (Wildman–Crippen MR) is 99.9 cm³/mol. The van der Waals surface area contributed by atoms with Gasteiger partial charge in [-0.3, -0.25) is 14.4 Å². The summed E-state index contributed by atoms with van der Waals surface area (Å²) < 4.78 is 0. The van der Waals surface area contributed by atoms with Crippen LogP contribution in [0.4, 0.5) is 0 Å². The fourth-order valence-electron chi connectivity index (χ4n) is 2.30. The number of carboxylic acid groups (broad SMARTS) is 1. The maximum Gasteiger partial charge on any atom is 0.313 e. The SMILES string of the molecule is Cc1ccccc1C(=O)NC(CC(C)C)C(=O)NCCSCC(=O)O. The van der Waals surface area contributed by atoms with E-state index in [-0.39, 0.29) is 23.5 Å². The molecule has 1 unspecified atom stereocenters. The van der Waals surface area contributed by atoms with E-state index < -0.39 is 12.0 Å². The van der Waals surface area contributed by atoms with Crippen LogP contribution in [0.1, 0.15) is 36.2 Å². The first kappa shape index (κ1) is 21.0. The van der Waals surface area contributed by atoms with Crippen LogP contribution in [0.3, 0.4) is 0 Å². The first-order valence-corrected chi connectivity index (χ1v) is 9.40. The number of rotatable bonds is 10. The number of nitrogens with one attached hydrogen (secondary N) is 2. The van der Waals surface area contributed by atoms with Crippen molar-refractivity contribution >= 4 is 29.5 Å². The zero-order valence-electron chi connectivity index (χ0n) is 14.9. The van der Waals surface area contributed by atoms with Crippen molar-refractivity contribution in [3.8, 4) is 0 Å². The standard InChI is InChI=1S/C18H26N2O4S/c1-12(2)10-15(18(24)19-8-9-25-11-16(21)22)20-17(23)14-7-5-4-6-13(14)3/h4-7,12,15H,8-11H2,1-3H3,(H,19,24)(H,20,23)(H,21,22). The van der Waals surface area contributed by atoms with Crippen molar-refractivity contribution in [1.29, 1.82) is 0 Å². The number of carboxylic acids is 1. The molecule has 6 nitrogen and oxygen atoms in total. The van der Waals surface area contributed by atoms with Crippen LogP contribution in [0.2, 0.25) is 0 Å². The Labute approximate surface area is 152 Å². The van der Waals surface area contributed by atoms with E-state index in [1.807, 2.05) is 32.9 Å². The first-order chi connectivity index (χ1) is 11.8. The molecule has 0 bridgehead atoms. The average molecular weight is 366 g/mol. The number of carbonyl (C=O) groups excluding carboxylic acids is 2.